The number of rotatable bonds is 5. The van der Waals surface area contributed by atoms with E-state index in [0.717, 1.165) is 24.0 Å². The van der Waals surface area contributed by atoms with Gasteiger partial charge in [0, 0.05) is 6.54 Å². The number of hydrogen-bond acceptors (Lipinski definition) is 4. The Hall–Kier alpha value is -2.18. The van der Waals surface area contributed by atoms with E-state index >= 15 is 0 Å². The van der Waals surface area contributed by atoms with Crippen molar-refractivity contribution in [2.24, 2.45) is 0 Å². The van der Waals surface area contributed by atoms with Gasteiger partial charge in [-0.15, -0.1) is 0 Å². The summed E-state index contributed by atoms with van der Waals surface area (Å²) in [7, 11) is -3.62. The van der Waals surface area contributed by atoms with E-state index in [2.05, 4.69) is 0 Å². The first-order valence-corrected chi connectivity index (χ1v) is 10.2. The standard InChI is InChI=1S/C20H23NO4S/c1-3-25-20(22)17-10-12-18(13-11-17)26(23,24)21-14-4-5-19(21)16-8-6-15(2)7-9-16/h6-13,19H,3-5,14H2,1-2H3/t19-/m0/s1. The summed E-state index contributed by atoms with van der Waals surface area (Å²) in [5.74, 6) is -0.449. The van der Waals surface area contributed by atoms with E-state index in [-0.39, 0.29) is 17.5 Å². The largest absolute Gasteiger partial charge is 0.462 e. The molecule has 5 nitrogen and oxygen atoms in total. The highest BCUT2D eigenvalue weighted by molar-refractivity contribution is 7.89. The summed E-state index contributed by atoms with van der Waals surface area (Å²) in [6.45, 7) is 4.53. The summed E-state index contributed by atoms with van der Waals surface area (Å²) >= 11 is 0. The molecule has 0 aliphatic carbocycles. The number of aryl methyl sites for hydroxylation is 1. The van der Waals surface area contributed by atoms with Crippen LogP contribution in [0.15, 0.2) is 53.4 Å². The summed E-state index contributed by atoms with van der Waals surface area (Å²) < 4.78 is 32.7. The summed E-state index contributed by atoms with van der Waals surface area (Å²) in [6.07, 6.45) is 1.64. The number of esters is 1. The lowest BCUT2D eigenvalue weighted by Crippen LogP contribution is -2.30. The molecule has 1 atom stereocenters. The Morgan fingerprint density at radius 1 is 1.12 bits per heavy atom. The minimum absolute atomic E-state index is 0.148. The molecule has 3 rings (SSSR count). The average Bonchev–Trinajstić information content (AvgIpc) is 3.13. The number of sulfonamides is 1. The minimum Gasteiger partial charge on any atom is -0.462 e. The molecule has 0 amide bonds. The molecule has 0 bridgehead atoms. The highest BCUT2D eigenvalue weighted by Crippen LogP contribution is 2.36. The van der Waals surface area contributed by atoms with Crippen LogP contribution in [0.4, 0.5) is 0 Å². The van der Waals surface area contributed by atoms with Crippen LogP contribution in [0.25, 0.3) is 0 Å². The Morgan fingerprint density at radius 2 is 1.77 bits per heavy atom. The summed E-state index contributed by atoms with van der Waals surface area (Å²) in [6, 6.07) is 13.8. The van der Waals surface area contributed by atoms with Crippen molar-refractivity contribution in [3.63, 3.8) is 0 Å². The van der Waals surface area contributed by atoms with Crippen LogP contribution in [-0.4, -0.2) is 31.8 Å². The van der Waals surface area contributed by atoms with E-state index in [9.17, 15) is 13.2 Å². The van der Waals surface area contributed by atoms with E-state index in [1.54, 1.807) is 11.2 Å². The second-order valence-corrected chi connectivity index (χ2v) is 8.32. The van der Waals surface area contributed by atoms with E-state index < -0.39 is 16.0 Å². The van der Waals surface area contributed by atoms with Gasteiger partial charge in [0.1, 0.15) is 0 Å². The van der Waals surface area contributed by atoms with Gasteiger partial charge in [0.05, 0.1) is 23.1 Å². The maximum absolute atomic E-state index is 13.1. The minimum atomic E-state index is -3.62. The van der Waals surface area contributed by atoms with Crippen LogP contribution in [0.1, 0.15) is 47.3 Å². The molecule has 1 aliphatic heterocycles. The second-order valence-electron chi connectivity index (χ2n) is 6.43. The topological polar surface area (TPSA) is 63.7 Å². The first-order valence-electron chi connectivity index (χ1n) is 8.79. The van der Waals surface area contributed by atoms with Gasteiger partial charge in [0.2, 0.25) is 10.0 Å². The monoisotopic (exact) mass is 373 g/mol. The van der Waals surface area contributed by atoms with Crippen LogP contribution in [-0.2, 0) is 14.8 Å². The molecule has 0 spiro atoms. The molecule has 1 fully saturated rings. The van der Waals surface area contributed by atoms with Gasteiger partial charge in [-0.2, -0.15) is 4.31 Å². The van der Waals surface area contributed by atoms with Crippen molar-refractivity contribution in [3.8, 4) is 0 Å². The number of benzene rings is 2. The van der Waals surface area contributed by atoms with Crippen LogP contribution in [0, 0.1) is 6.92 Å². The Balaban J connectivity index is 1.86. The van der Waals surface area contributed by atoms with Crippen molar-refractivity contribution in [2.45, 2.75) is 37.6 Å². The number of carbonyl (C=O) groups is 1. The maximum Gasteiger partial charge on any atom is 0.338 e. The van der Waals surface area contributed by atoms with Gasteiger partial charge < -0.3 is 4.74 Å². The zero-order valence-electron chi connectivity index (χ0n) is 15.0. The van der Waals surface area contributed by atoms with Crippen LogP contribution in [0.5, 0.6) is 0 Å². The predicted molar refractivity (Wildman–Crippen MR) is 99.4 cm³/mol. The molecule has 0 aromatic heterocycles. The molecular formula is C20H23NO4S. The van der Waals surface area contributed by atoms with Crippen molar-refractivity contribution in [1.29, 1.82) is 0 Å². The highest BCUT2D eigenvalue weighted by Gasteiger charge is 2.36. The van der Waals surface area contributed by atoms with Crippen molar-refractivity contribution >= 4 is 16.0 Å². The molecule has 6 heteroatoms. The third kappa shape index (κ3) is 3.66. The van der Waals surface area contributed by atoms with Crippen LogP contribution < -0.4 is 0 Å². The predicted octanol–water partition coefficient (Wildman–Crippen LogP) is 3.70. The molecule has 1 saturated heterocycles. The average molecular weight is 373 g/mol. The van der Waals surface area contributed by atoms with Crippen molar-refractivity contribution in [2.75, 3.05) is 13.2 Å². The van der Waals surface area contributed by atoms with Crippen molar-refractivity contribution in [1.82, 2.24) is 4.31 Å². The van der Waals surface area contributed by atoms with E-state index in [0.29, 0.717) is 12.1 Å². The molecule has 0 saturated carbocycles. The zero-order valence-corrected chi connectivity index (χ0v) is 15.8. The van der Waals surface area contributed by atoms with Gasteiger partial charge in [0.15, 0.2) is 0 Å². The van der Waals surface area contributed by atoms with Crippen LogP contribution >= 0.6 is 0 Å². The molecule has 2 aromatic rings. The molecule has 1 aliphatic rings. The molecule has 0 N–H and O–H groups in total. The quantitative estimate of drug-likeness (QED) is 0.750. The van der Waals surface area contributed by atoms with Gasteiger partial charge >= 0.3 is 5.97 Å². The first kappa shape index (κ1) is 18.6. The Kier molecular flexibility index (Phi) is 5.44. The normalized spacial score (nSPS) is 18.0. The third-order valence-corrected chi connectivity index (χ3v) is 6.56. The van der Waals surface area contributed by atoms with Crippen molar-refractivity contribution in [3.05, 3.63) is 65.2 Å². The lowest BCUT2D eigenvalue weighted by atomic mass is 10.0. The van der Waals surface area contributed by atoms with Gasteiger partial charge in [-0.3, -0.25) is 0 Å². The number of ether oxygens (including phenoxy) is 1. The molecule has 26 heavy (non-hydrogen) atoms. The molecular weight excluding hydrogens is 350 g/mol. The first-order chi connectivity index (χ1) is 12.4. The van der Waals surface area contributed by atoms with Crippen LogP contribution in [0.2, 0.25) is 0 Å². The molecule has 2 aromatic carbocycles. The smallest absolute Gasteiger partial charge is 0.338 e. The Labute approximate surface area is 154 Å². The van der Waals surface area contributed by atoms with Gasteiger partial charge in [-0.05, 0) is 56.5 Å². The number of nitrogens with zero attached hydrogens (tertiary/aromatic N) is 1. The maximum atomic E-state index is 13.1. The van der Waals surface area contributed by atoms with Crippen LogP contribution in [0.3, 0.4) is 0 Å². The zero-order chi connectivity index (χ0) is 18.7. The third-order valence-electron chi connectivity index (χ3n) is 4.64. The summed E-state index contributed by atoms with van der Waals surface area (Å²) in [5, 5.41) is 0. The second kappa shape index (κ2) is 7.60. The fourth-order valence-corrected chi connectivity index (χ4v) is 4.94. The lowest BCUT2D eigenvalue weighted by Gasteiger charge is -2.24. The molecule has 1 heterocycles. The highest BCUT2D eigenvalue weighted by atomic mass is 32.2. The summed E-state index contributed by atoms with van der Waals surface area (Å²) in [4.78, 5) is 11.9. The SMILES string of the molecule is CCOC(=O)c1ccc(S(=O)(=O)N2CCC[C@H]2c2ccc(C)cc2)cc1. The molecule has 0 unspecified atom stereocenters. The van der Waals surface area contributed by atoms with Gasteiger partial charge in [0.25, 0.3) is 0 Å². The lowest BCUT2D eigenvalue weighted by molar-refractivity contribution is 0.0526. The number of hydrogen-bond donors (Lipinski definition) is 0. The fraction of sp³-hybridized carbons (Fsp3) is 0.350. The van der Waals surface area contributed by atoms with Gasteiger partial charge in [-0.1, -0.05) is 29.8 Å². The van der Waals surface area contributed by atoms with Gasteiger partial charge in [-0.25, -0.2) is 13.2 Å². The van der Waals surface area contributed by atoms with E-state index in [4.69, 9.17) is 4.74 Å². The Morgan fingerprint density at radius 3 is 2.38 bits per heavy atom. The van der Waals surface area contributed by atoms with E-state index in [1.807, 2.05) is 31.2 Å². The van der Waals surface area contributed by atoms with Crippen molar-refractivity contribution < 1.29 is 17.9 Å². The van der Waals surface area contributed by atoms with E-state index in [1.165, 1.54) is 24.3 Å². The summed E-state index contributed by atoms with van der Waals surface area (Å²) in [5.41, 5.74) is 2.51. The fourth-order valence-electron chi connectivity index (χ4n) is 3.26. The number of carbonyl (C=O) groups excluding carboxylic acids is 1. The Bertz CT molecular complexity index is 873. The molecule has 138 valence electrons. The molecule has 0 radical (unpaired) electrons.